The van der Waals surface area contributed by atoms with Crippen molar-refractivity contribution >= 4 is 5.91 Å². The summed E-state index contributed by atoms with van der Waals surface area (Å²) in [6, 6.07) is 11.9. The first-order valence-corrected chi connectivity index (χ1v) is 9.26. The standard InChI is InChI=1S/C22H30N2O4/c1-15(2)24(3)14-17-10-8-7-9-16(17)13-23-22(25)18-11-19(26-4)21(28-6)20(12-18)27-5/h7-12,15H,13-14H2,1-6H3,(H,23,25). The van der Waals surface area contributed by atoms with E-state index in [0.717, 1.165) is 12.1 Å². The highest BCUT2D eigenvalue weighted by molar-refractivity contribution is 5.95. The molecule has 2 aromatic carbocycles. The number of hydrogen-bond acceptors (Lipinski definition) is 5. The van der Waals surface area contributed by atoms with Gasteiger partial charge in [0.1, 0.15) is 0 Å². The van der Waals surface area contributed by atoms with Crippen LogP contribution in [-0.2, 0) is 13.1 Å². The number of nitrogens with zero attached hydrogens (tertiary/aromatic N) is 1. The number of hydrogen-bond donors (Lipinski definition) is 1. The molecule has 0 saturated heterocycles. The van der Waals surface area contributed by atoms with E-state index in [-0.39, 0.29) is 5.91 Å². The molecule has 152 valence electrons. The Balaban J connectivity index is 2.17. The van der Waals surface area contributed by atoms with Gasteiger partial charge in [-0.25, -0.2) is 0 Å². The van der Waals surface area contributed by atoms with Gasteiger partial charge in [0.2, 0.25) is 5.75 Å². The lowest BCUT2D eigenvalue weighted by Gasteiger charge is -2.22. The molecule has 0 radical (unpaired) electrons. The van der Waals surface area contributed by atoms with Crippen LogP contribution in [0.5, 0.6) is 17.2 Å². The predicted octanol–water partition coefficient (Wildman–Crippen LogP) is 3.48. The molecule has 1 N–H and O–H groups in total. The minimum atomic E-state index is -0.203. The summed E-state index contributed by atoms with van der Waals surface area (Å²) in [4.78, 5) is 15.0. The Kier molecular flexibility index (Phi) is 7.70. The molecule has 0 aromatic heterocycles. The summed E-state index contributed by atoms with van der Waals surface area (Å²) in [5.74, 6) is 1.16. The molecule has 0 saturated carbocycles. The fraction of sp³-hybridized carbons (Fsp3) is 0.409. The Morgan fingerprint density at radius 2 is 1.57 bits per heavy atom. The summed E-state index contributed by atoms with van der Waals surface area (Å²) in [7, 11) is 6.68. The van der Waals surface area contributed by atoms with Crippen LogP contribution in [0.1, 0.15) is 35.3 Å². The molecule has 28 heavy (non-hydrogen) atoms. The summed E-state index contributed by atoms with van der Waals surface area (Å²) >= 11 is 0. The minimum Gasteiger partial charge on any atom is -0.493 e. The van der Waals surface area contributed by atoms with E-state index in [1.165, 1.54) is 26.9 Å². The van der Waals surface area contributed by atoms with Gasteiger partial charge in [-0.1, -0.05) is 24.3 Å². The molecule has 0 spiro atoms. The topological polar surface area (TPSA) is 60.0 Å². The van der Waals surface area contributed by atoms with Gasteiger partial charge in [0, 0.05) is 24.7 Å². The highest BCUT2D eigenvalue weighted by Crippen LogP contribution is 2.38. The number of ether oxygens (including phenoxy) is 3. The van der Waals surface area contributed by atoms with Gasteiger partial charge < -0.3 is 19.5 Å². The number of nitrogens with one attached hydrogen (secondary N) is 1. The Labute approximate surface area is 167 Å². The molecular formula is C22H30N2O4. The van der Waals surface area contributed by atoms with Crippen molar-refractivity contribution in [2.24, 2.45) is 0 Å². The van der Waals surface area contributed by atoms with Crippen molar-refractivity contribution in [2.75, 3.05) is 28.4 Å². The van der Waals surface area contributed by atoms with E-state index in [0.29, 0.717) is 35.4 Å². The van der Waals surface area contributed by atoms with Crippen LogP contribution in [0.3, 0.4) is 0 Å². The molecule has 2 aromatic rings. The van der Waals surface area contributed by atoms with Crippen molar-refractivity contribution in [1.29, 1.82) is 0 Å². The molecule has 0 unspecified atom stereocenters. The van der Waals surface area contributed by atoms with E-state index in [2.05, 4.69) is 37.2 Å². The molecule has 0 bridgehead atoms. The van der Waals surface area contributed by atoms with Crippen LogP contribution in [0.25, 0.3) is 0 Å². The lowest BCUT2D eigenvalue weighted by molar-refractivity contribution is 0.0950. The maximum absolute atomic E-state index is 12.7. The monoisotopic (exact) mass is 386 g/mol. The smallest absolute Gasteiger partial charge is 0.251 e. The molecule has 2 rings (SSSR count). The van der Waals surface area contributed by atoms with Crippen molar-refractivity contribution in [1.82, 2.24) is 10.2 Å². The van der Waals surface area contributed by atoms with Gasteiger partial charge in [0.25, 0.3) is 5.91 Å². The Hall–Kier alpha value is -2.73. The second-order valence-electron chi connectivity index (χ2n) is 6.87. The average molecular weight is 386 g/mol. The molecule has 0 aliphatic rings. The third kappa shape index (κ3) is 5.16. The van der Waals surface area contributed by atoms with Crippen LogP contribution in [0.15, 0.2) is 36.4 Å². The number of carbonyl (C=O) groups is 1. The van der Waals surface area contributed by atoms with Crippen LogP contribution >= 0.6 is 0 Å². The van der Waals surface area contributed by atoms with Crippen LogP contribution in [-0.4, -0.2) is 45.2 Å². The van der Waals surface area contributed by atoms with E-state index in [4.69, 9.17) is 14.2 Å². The van der Waals surface area contributed by atoms with Gasteiger partial charge in [-0.15, -0.1) is 0 Å². The highest BCUT2D eigenvalue weighted by atomic mass is 16.5. The molecule has 0 fully saturated rings. The van der Waals surface area contributed by atoms with E-state index in [1.54, 1.807) is 12.1 Å². The first kappa shape index (κ1) is 21.6. The number of benzene rings is 2. The zero-order chi connectivity index (χ0) is 20.7. The van der Waals surface area contributed by atoms with Gasteiger partial charge in [0.15, 0.2) is 11.5 Å². The lowest BCUT2D eigenvalue weighted by Crippen LogP contribution is -2.27. The second kappa shape index (κ2) is 9.99. The van der Waals surface area contributed by atoms with Crippen molar-refractivity contribution in [3.63, 3.8) is 0 Å². The van der Waals surface area contributed by atoms with Gasteiger partial charge >= 0.3 is 0 Å². The summed E-state index contributed by atoms with van der Waals surface area (Å²) in [5, 5.41) is 2.99. The summed E-state index contributed by atoms with van der Waals surface area (Å²) < 4.78 is 16.0. The van der Waals surface area contributed by atoms with Gasteiger partial charge in [-0.3, -0.25) is 9.69 Å². The Morgan fingerprint density at radius 3 is 2.07 bits per heavy atom. The third-order valence-electron chi connectivity index (χ3n) is 4.79. The van der Waals surface area contributed by atoms with E-state index in [1.807, 2.05) is 18.2 Å². The van der Waals surface area contributed by atoms with Crippen LogP contribution < -0.4 is 19.5 Å². The zero-order valence-electron chi connectivity index (χ0n) is 17.5. The van der Waals surface area contributed by atoms with Crippen molar-refractivity contribution in [2.45, 2.75) is 33.0 Å². The van der Waals surface area contributed by atoms with Crippen LogP contribution in [0.4, 0.5) is 0 Å². The van der Waals surface area contributed by atoms with E-state index >= 15 is 0 Å². The van der Waals surface area contributed by atoms with Crippen LogP contribution in [0.2, 0.25) is 0 Å². The molecule has 1 amide bonds. The van der Waals surface area contributed by atoms with Crippen LogP contribution in [0, 0.1) is 0 Å². The normalized spacial score (nSPS) is 10.9. The fourth-order valence-corrected chi connectivity index (χ4v) is 2.83. The van der Waals surface area contributed by atoms with Crippen molar-refractivity contribution in [3.05, 3.63) is 53.1 Å². The molecule has 6 heteroatoms. The second-order valence-corrected chi connectivity index (χ2v) is 6.87. The number of methoxy groups -OCH3 is 3. The third-order valence-corrected chi connectivity index (χ3v) is 4.79. The Morgan fingerprint density at radius 1 is 1.00 bits per heavy atom. The average Bonchev–Trinajstić information content (AvgIpc) is 2.71. The Bertz CT molecular complexity index is 780. The first-order chi connectivity index (χ1) is 13.4. The fourth-order valence-electron chi connectivity index (χ4n) is 2.83. The quantitative estimate of drug-likeness (QED) is 0.715. The highest BCUT2D eigenvalue weighted by Gasteiger charge is 2.17. The van der Waals surface area contributed by atoms with Gasteiger partial charge in [-0.05, 0) is 44.2 Å². The molecule has 6 nitrogen and oxygen atoms in total. The summed E-state index contributed by atoms with van der Waals surface area (Å²) in [6.45, 7) is 5.59. The minimum absolute atomic E-state index is 0.203. The summed E-state index contributed by atoms with van der Waals surface area (Å²) in [6.07, 6.45) is 0. The predicted molar refractivity (Wildman–Crippen MR) is 110 cm³/mol. The number of rotatable bonds is 9. The molecule has 0 aliphatic heterocycles. The van der Waals surface area contributed by atoms with Crippen molar-refractivity contribution < 1.29 is 19.0 Å². The molecule has 0 aliphatic carbocycles. The maximum atomic E-state index is 12.7. The summed E-state index contributed by atoms with van der Waals surface area (Å²) in [5.41, 5.74) is 2.74. The van der Waals surface area contributed by atoms with E-state index < -0.39 is 0 Å². The number of carbonyl (C=O) groups excluding carboxylic acids is 1. The number of amides is 1. The van der Waals surface area contributed by atoms with Gasteiger partial charge in [-0.2, -0.15) is 0 Å². The maximum Gasteiger partial charge on any atom is 0.251 e. The lowest BCUT2D eigenvalue weighted by atomic mass is 10.1. The SMILES string of the molecule is COc1cc(C(=O)NCc2ccccc2CN(C)C(C)C)cc(OC)c1OC. The zero-order valence-corrected chi connectivity index (χ0v) is 17.5. The van der Waals surface area contributed by atoms with Crippen molar-refractivity contribution in [3.8, 4) is 17.2 Å². The van der Waals surface area contributed by atoms with Gasteiger partial charge in [0.05, 0.1) is 21.3 Å². The molecule has 0 atom stereocenters. The largest absolute Gasteiger partial charge is 0.493 e. The molecule has 0 heterocycles. The molecular weight excluding hydrogens is 356 g/mol. The van der Waals surface area contributed by atoms with E-state index in [9.17, 15) is 4.79 Å². The first-order valence-electron chi connectivity index (χ1n) is 9.26.